The molecule has 0 radical (unpaired) electrons. The highest BCUT2D eigenvalue weighted by Crippen LogP contribution is 2.20. The van der Waals surface area contributed by atoms with Crippen LogP contribution >= 0.6 is 0 Å². The van der Waals surface area contributed by atoms with Crippen molar-refractivity contribution in [1.82, 2.24) is 14.7 Å². The normalized spacial score (nSPS) is 12.2. The van der Waals surface area contributed by atoms with E-state index in [9.17, 15) is 5.11 Å². The van der Waals surface area contributed by atoms with Gasteiger partial charge in [-0.15, -0.1) is 0 Å². The Balaban J connectivity index is 1.83. The summed E-state index contributed by atoms with van der Waals surface area (Å²) < 4.78 is 2.14. The molecule has 0 amide bonds. The van der Waals surface area contributed by atoms with Gasteiger partial charge in [0.1, 0.15) is 5.65 Å². The molecule has 0 spiro atoms. The summed E-state index contributed by atoms with van der Waals surface area (Å²) >= 11 is 0. The molecule has 0 unspecified atom stereocenters. The molecule has 0 bridgehead atoms. The molecule has 4 heteroatoms. The van der Waals surface area contributed by atoms with Crippen LogP contribution in [0.1, 0.15) is 37.9 Å². The van der Waals surface area contributed by atoms with Gasteiger partial charge in [-0.2, -0.15) is 0 Å². The minimum absolute atomic E-state index is 0.0299. The van der Waals surface area contributed by atoms with Gasteiger partial charge in [0.15, 0.2) is 0 Å². The third-order valence-corrected chi connectivity index (χ3v) is 3.67. The third-order valence-electron chi connectivity index (χ3n) is 3.67. The number of nitrogens with one attached hydrogen (secondary N) is 1. The monoisotopic (exact) mass is 275 g/mol. The van der Waals surface area contributed by atoms with Gasteiger partial charge in [0.2, 0.25) is 0 Å². The lowest BCUT2D eigenvalue weighted by Gasteiger charge is -2.21. The molecule has 2 aromatic heterocycles. The van der Waals surface area contributed by atoms with E-state index in [4.69, 9.17) is 0 Å². The van der Waals surface area contributed by atoms with E-state index in [2.05, 4.69) is 47.7 Å². The predicted octanol–water partition coefficient (Wildman–Crippen LogP) is 2.53. The second-order valence-corrected chi connectivity index (χ2v) is 6.29. The molecule has 4 nitrogen and oxygen atoms in total. The van der Waals surface area contributed by atoms with Crippen LogP contribution in [0.15, 0.2) is 24.5 Å². The number of aliphatic hydroxyl groups is 1. The molecule has 2 heterocycles. The summed E-state index contributed by atoms with van der Waals surface area (Å²) in [6, 6.07) is 4.12. The Morgan fingerprint density at radius 1 is 1.35 bits per heavy atom. The van der Waals surface area contributed by atoms with Gasteiger partial charge in [-0.05, 0) is 43.4 Å². The lowest BCUT2D eigenvalue weighted by Crippen LogP contribution is -2.21. The Hall–Kier alpha value is -1.39. The highest BCUT2D eigenvalue weighted by molar-refractivity contribution is 5.41. The van der Waals surface area contributed by atoms with E-state index >= 15 is 0 Å². The van der Waals surface area contributed by atoms with Crippen LogP contribution in [0.3, 0.4) is 0 Å². The summed E-state index contributed by atoms with van der Waals surface area (Å²) in [7, 11) is 0. The van der Waals surface area contributed by atoms with Crippen molar-refractivity contribution in [2.75, 3.05) is 13.2 Å². The smallest absolute Gasteiger partial charge is 0.136 e. The van der Waals surface area contributed by atoms with Crippen LogP contribution in [0.4, 0.5) is 0 Å². The quantitative estimate of drug-likeness (QED) is 0.763. The van der Waals surface area contributed by atoms with E-state index in [-0.39, 0.29) is 12.0 Å². The molecule has 0 aliphatic rings. The number of aromatic nitrogens is 2. The Bertz CT molecular complexity index is 560. The average Bonchev–Trinajstić information content (AvgIpc) is 2.81. The van der Waals surface area contributed by atoms with Gasteiger partial charge in [-0.1, -0.05) is 19.9 Å². The van der Waals surface area contributed by atoms with Gasteiger partial charge in [0, 0.05) is 19.3 Å². The van der Waals surface area contributed by atoms with Crippen molar-refractivity contribution in [1.29, 1.82) is 0 Å². The molecule has 20 heavy (non-hydrogen) atoms. The van der Waals surface area contributed by atoms with Crippen molar-refractivity contribution in [2.24, 2.45) is 5.41 Å². The fourth-order valence-corrected chi connectivity index (χ4v) is 2.26. The van der Waals surface area contributed by atoms with Gasteiger partial charge in [0.25, 0.3) is 0 Å². The maximum absolute atomic E-state index is 9.21. The summed E-state index contributed by atoms with van der Waals surface area (Å²) in [5.74, 6) is 0. The molecule has 0 saturated heterocycles. The first-order chi connectivity index (χ1) is 9.52. The van der Waals surface area contributed by atoms with Gasteiger partial charge in [0.05, 0.1) is 11.9 Å². The van der Waals surface area contributed by atoms with Crippen LogP contribution in [-0.2, 0) is 6.54 Å². The number of aliphatic hydroxyl groups excluding tert-OH is 1. The number of fused-ring (bicyclic) bond motifs is 1. The van der Waals surface area contributed by atoms with E-state index in [1.54, 1.807) is 0 Å². The third kappa shape index (κ3) is 3.81. The molecule has 2 N–H and O–H groups in total. The molecule has 0 aromatic carbocycles. The van der Waals surface area contributed by atoms with E-state index in [0.717, 1.165) is 31.6 Å². The summed E-state index contributed by atoms with van der Waals surface area (Å²) in [6.07, 6.45) is 6.15. The Morgan fingerprint density at radius 3 is 2.90 bits per heavy atom. The molecule has 0 saturated carbocycles. The van der Waals surface area contributed by atoms with Gasteiger partial charge >= 0.3 is 0 Å². The van der Waals surface area contributed by atoms with Crippen molar-refractivity contribution in [2.45, 2.75) is 40.2 Å². The topological polar surface area (TPSA) is 49.6 Å². The average molecular weight is 275 g/mol. The molecule has 0 aliphatic heterocycles. The molecule has 110 valence electrons. The molecule has 2 aromatic rings. The summed E-state index contributed by atoms with van der Waals surface area (Å²) in [5.41, 5.74) is 3.45. The van der Waals surface area contributed by atoms with E-state index < -0.39 is 0 Å². The van der Waals surface area contributed by atoms with Crippen LogP contribution in [0.5, 0.6) is 0 Å². The number of pyridine rings is 1. The van der Waals surface area contributed by atoms with Crippen molar-refractivity contribution in [3.63, 3.8) is 0 Å². The Morgan fingerprint density at radius 2 is 2.15 bits per heavy atom. The number of hydrogen-bond acceptors (Lipinski definition) is 3. The number of imidazole rings is 1. The fraction of sp³-hybridized carbons (Fsp3) is 0.562. The molecular formula is C16H25N3O. The second-order valence-electron chi connectivity index (χ2n) is 6.29. The summed E-state index contributed by atoms with van der Waals surface area (Å²) in [6.45, 7) is 8.32. The van der Waals surface area contributed by atoms with Crippen molar-refractivity contribution >= 4 is 5.65 Å². The first-order valence-corrected chi connectivity index (χ1v) is 7.26. The Labute approximate surface area is 120 Å². The SMILES string of the molecule is Cc1ccc2ncc(CNCCCC(C)(C)CO)n2c1. The standard InChI is InChI=1S/C16H25N3O/c1-13-5-6-15-18-10-14(19(15)11-13)9-17-8-4-7-16(2,3)12-20/h5-6,10-11,17,20H,4,7-9,12H2,1-3H3. The zero-order valence-corrected chi connectivity index (χ0v) is 12.7. The van der Waals surface area contributed by atoms with Crippen molar-refractivity contribution in [3.05, 3.63) is 35.8 Å². The first-order valence-electron chi connectivity index (χ1n) is 7.26. The van der Waals surface area contributed by atoms with Crippen LogP contribution in [0, 0.1) is 12.3 Å². The maximum atomic E-state index is 9.21. The summed E-state index contributed by atoms with van der Waals surface area (Å²) in [4.78, 5) is 4.40. The second kappa shape index (κ2) is 6.37. The van der Waals surface area contributed by atoms with Crippen LogP contribution in [-0.4, -0.2) is 27.6 Å². The van der Waals surface area contributed by atoms with Crippen LogP contribution in [0.25, 0.3) is 5.65 Å². The highest BCUT2D eigenvalue weighted by atomic mass is 16.3. The summed E-state index contributed by atoms with van der Waals surface area (Å²) in [5, 5.41) is 12.7. The lowest BCUT2D eigenvalue weighted by atomic mass is 9.89. The highest BCUT2D eigenvalue weighted by Gasteiger charge is 2.15. The van der Waals surface area contributed by atoms with E-state index in [1.165, 1.54) is 11.3 Å². The van der Waals surface area contributed by atoms with Gasteiger partial charge in [-0.3, -0.25) is 0 Å². The van der Waals surface area contributed by atoms with Crippen molar-refractivity contribution in [3.8, 4) is 0 Å². The first kappa shape index (κ1) is 15.0. The number of hydrogen-bond donors (Lipinski definition) is 2. The lowest BCUT2D eigenvalue weighted by molar-refractivity contribution is 0.148. The molecule has 0 fully saturated rings. The van der Waals surface area contributed by atoms with E-state index in [1.807, 2.05) is 12.3 Å². The molecule has 2 rings (SSSR count). The number of nitrogens with zero attached hydrogens (tertiary/aromatic N) is 2. The minimum atomic E-state index is 0.0299. The van der Waals surface area contributed by atoms with Gasteiger partial charge in [-0.25, -0.2) is 4.98 Å². The Kier molecular flexibility index (Phi) is 4.78. The maximum Gasteiger partial charge on any atom is 0.136 e. The van der Waals surface area contributed by atoms with E-state index in [0.29, 0.717) is 0 Å². The van der Waals surface area contributed by atoms with Crippen molar-refractivity contribution < 1.29 is 5.11 Å². The fourth-order valence-electron chi connectivity index (χ4n) is 2.26. The van der Waals surface area contributed by atoms with Gasteiger partial charge < -0.3 is 14.8 Å². The van der Waals surface area contributed by atoms with Crippen LogP contribution in [0.2, 0.25) is 0 Å². The predicted molar refractivity (Wildman–Crippen MR) is 81.7 cm³/mol. The van der Waals surface area contributed by atoms with Crippen LogP contribution < -0.4 is 5.32 Å². The largest absolute Gasteiger partial charge is 0.396 e. The number of aryl methyl sites for hydroxylation is 1. The molecular weight excluding hydrogens is 250 g/mol. The zero-order chi connectivity index (χ0) is 14.6. The molecule has 0 aliphatic carbocycles. The molecule has 0 atom stereocenters. The zero-order valence-electron chi connectivity index (χ0n) is 12.7. The number of rotatable bonds is 7. The minimum Gasteiger partial charge on any atom is -0.396 e.